The minimum Gasteiger partial charge on any atom is -0.497 e. The predicted molar refractivity (Wildman–Crippen MR) is 97.0 cm³/mol. The van der Waals surface area contributed by atoms with Crippen LogP contribution in [0, 0.1) is 0 Å². The highest BCUT2D eigenvalue weighted by Gasteiger charge is 2.47. The molecule has 0 spiro atoms. The summed E-state index contributed by atoms with van der Waals surface area (Å²) in [4.78, 5) is 12.9. The number of epoxide rings is 1. The normalized spacial score (nSPS) is 17.9. The second-order valence-corrected chi connectivity index (χ2v) is 5.87. The second kappa shape index (κ2) is 8.28. The van der Waals surface area contributed by atoms with E-state index in [9.17, 15) is 4.79 Å². The zero-order chi connectivity index (χ0) is 19.4. The van der Waals surface area contributed by atoms with Crippen LogP contribution in [0.15, 0.2) is 36.4 Å². The zero-order valence-electron chi connectivity index (χ0n) is 15.7. The van der Waals surface area contributed by atoms with E-state index < -0.39 is 6.10 Å². The SMILES string of the molecule is COCOc1cc(OC)ccc1C(=O)[C@H]1O[C@@H]1c1ccc(OC)c(OC)c1. The van der Waals surface area contributed by atoms with Crippen molar-refractivity contribution in [2.24, 2.45) is 0 Å². The molecule has 3 rings (SSSR count). The number of hydrogen-bond acceptors (Lipinski definition) is 7. The quantitative estimate of drug-likeness (QED) is 0.379. The molecule has 7 nitrogen and oxygen atoms in total. The summed E-state index contributed by atoms with van der Waals surface area (Å²) in [6.45, 7) is 0.0259. The molecule has 2 aromatic rings. The molecule has 0 aromatic heterocycles. The van der Waals surface area contributed by atoms with Crippen molar-refractivity contribution in [3.8, 4) is 23.0 Å². The maximum Gasteiger partial charge on any atom is 0.198 e. The predicted octanol–water partition coefficient (Wildman–Crippen LogP) is 3.02. The van der Waals surface area contributed by atoms with Crippen LogP contribution < -0.4 is 18.9 Å². The number of rotatable bonds is 9. The number of benzene rings is 2. The Kier molecular flexibility index (Phi) is 5.83. The lowest BCUT2D eigenvalue weighted by atomic mass is 10.0. The highest BCUT2D eigenvalue weighted by atomic mass is 16.7. The maximum absolute atomic E-state index is 12.9. The number of hydrogen-bond donors (Lipinski definition) is 0. The summed E-state index contributed by atoms with van der Waals surface area (Å²) in [6, 6.07) is 10.5. The van der Waals surface area contributed by atoms with Gasteiger partial charge in [0.25, 0.3) is 0 Å². The Morgan fingerprint density at radius 1 is 0.926 bits per heavy atom. The van der Waals surface area contributed by atoms with E-state index in [1.54, 1.807) is 45.6 Å². The standard InChI is InChI=1S/C20H22O7/c1-22-11-26-16-10-13(23-2)6-7-14(16)18(21)20-19(27-20)12-5-8-15(24-3)17(9-12)25-4/h5-10,19-20H,11H2,1-4H3/t19-,20-/m1/s1. The second-order valence-electron chi connectivity index (χ2n) is 5.87. The average Bonchev–Trinajstić information content (AvgIpc) is 3.51. The van der Waals surface area contributed by atoms with Gasteiger partial charge < -0.3 is 28.4 Å². The van der Waals surface area contributed by atoms with E-state index in [0.29, 0.717) is 28.6 Å². The van der Waals surface area contributed by atoms with Crippen molar-refractivity contribution in [2.75, 3.05) is 35.2 Å². The summed E-state index contributed by atoms with van der Waals surface area (Å²) in [5.74, 6) is 2.03. The number of carbonyl (C=O) groups is 1. The fourth-order valence-electron chi connectivity index (χ4n) is 2.82. The lowest BCUT2D eigenvalue weighted by Gasteiger charge is -2.11. The first-order chi connectivity index (χ1) is 13.1. The largest absolute Gasteiger partial charge is 0.497 e. The fraction of sp³-hybridized carbons (Fsp3) is 0.350. The van der Waals surface area contributed by atoms with E-state index >= 15 is 0 Å². The molecule has 0 amide bonds. The Morgan fingerprint density at radius 2 is 1.70 bits per heavy atom. The monoisotopic (exact) mass is 374 g/mol. The molecule has 0 unspecified atom stereocenters. The van der Waals surface area contributed by atoms with Gasteiger partial charge in [0.05, 0.1) is 26.9 Å². The highest BCUT2D eigenvalue weighted by molar-refractivity contribution is 6.03. The molecule has 144 valence electrons. The van der Waals surface area contributed by atoms with Crippen molar-refractivity contribution >= 4 is 5.78 Å². The van der Waals surface area contributed by atoms with E-state index in [1.807, 2.05) is 12.1 Å². The Hall–Kier alpha value is -2.77. The topological polar surface area (TPSA) is 75.8 Å². The van der Waals surface area contributed by atoms with Crippen LogP contribution in [0.25, 0.3) is 0 Å². The van der Waals surface area contributed by atoms with E-state index in [2.05, 4.69) is 0 Å². The molecule has 1 aliphatic heterocycles. The molecule has 2 aromatic carbocycles. The van der Waals surface area contributed by atoms with Crippen molar-refractivity contribution in [1.29, 1.82) is 0 Å². The van der Waals surface area contributed by atoms with Crippen LogP contribution in [-0.4, -0.2) is 47.1 Å². The van der Waals surface area contributed by atoms with Crippen LogP contribution in [0.3, 0.4) is 0 Å². The zero-order valence-corrected chi connectivity index (χ0v) is 15.7. The average molecular weight is 374 g/mol. The van der Waals surface area contributed by atoms with Gasteiger partial charge in [0.1, 0.15) is 17.6 Å². The molecule has 0 bridgehead atoms. The van der Waals surface area contributed by atoms with Gasteiger partial charge in [0.15, 0.2) is 30.2 Å². The van der Waals surface area contributed by atoms with Gasteiger partial charge >= 0.3 is 0 Å². The fourth-order valence-corrected chi connectivity index (χ4v) is 2.82. The first kappa shape index (κ1) is 19.0. The number of ketones is 1. The summed E-state index contributed by atoms with van der Waals surface area (Å²) >= 11 is 0. The molecule has 2 atom stereocenters. The van der Waals surface area contributed by atoms with Crippen LogP contribution in [-0.2, 0) is 9.47 Å². The maximum atomic E-state index is 12.9. The van der Waals surface area contributed by atoms with E-state index in [1.165, 1.54) is 7.11 Å². The first-order valence-electron chi connectivity index (χ1n) is 8.34. The number of Topliss-reactive ketones (excluding diaryl/α,β-unsaturated/α-hetero) is 1. The molecule has 27 heavy (non-hydrogen) atoms. The van der Waals surface area contributed by atoms with Crippen LogP contribution in [0.1, 0.15) is 22.0 Å². The molecule has 1 saturated heterocycles. The van der Waals surface area contributed by atoms with Gasteiger partial charge in [-0.3, -0.25) is 4.79 Å². The molecule has 0 radical (unpaired) electrons. The number of carbonyl (C=O) groups excluding carboxylic acids is 1. The van der Waals surface area contributed by atoms with Gasteiger partial charge in [-0.25, -0.2) is 0 Å². The van der Waals surface area contributed by atoms with Gasteiger partial charge in [-0.05, 0) is 29.8 Å². The molecular formula is C20H22O7. The number of ether oxygens (including phenoxy) is 6. The number of methoxy groups -OCH3 is 4. The van der Waals surface area contributed by atoms with Crippen molar-refractivity contribution in [2.45, 2.75) is 12.2 Å². The van der Waals surface area contributed by atoms with E-state index in [4.69, 9.17) is 28.4 Å². The Bertz CT molecular complexity index is 818. The molecule has 0 aliphatic carbocycles. The summed E-state index contributed by atoms with van der Waals surface area (Å²) in [7, 11) is 6.20. The minimum atomic E-state index is -0.582. The van der Waals surface area contributed by atoms with Gasteiger partial charge in [0, 0.05) is 13.2 Å². The van der Waals surface area contributed by atoms with Gasteiger partial charge in [0.2, 0.25) is 0 Å². The van der Waals surface area contributed by atoms with Gasteiger partial charge in [-0.2, -0.15) is 0 Å². The summed E-state index contributed by atoms with van der Waals surface area (Å²) in [6.07, 6.45) is -0.920. The Labute approximate surface area is 157 Å². The minimum absolute atomic E-state index is 0.0259. The van der Waals surface area contributed by atoms with Crippen LogP contribution in [0.4, 0.5) is 0 Å². The highest BCUT2D eigenvalue weighted by Crippen LogP contribution is 2.44. The van der Waals surface area contributed by atoms with Crippen molar-refractivity contribution < 1.29 is 33.2 Å². The summed E-state index contributed by atoms with van der Waals surface area (Å²) in [5, 5.41) is 0. The van der Waals surface area contributed by atoms with Crippen LogP contribution in [0.5, 0.6) is 23.0 Å². The molecule has 0 N–H and O–H groups in total. The molecule has 7 heteroatoms. The van der Waals surface area contributed by atoms with Crippen molar-refractivity contribution in [3.05, 3.63) is 47.5 Å². The lowest BCUT2D eigenvalue weighted by Crippen LogP contribution is -2.12. The summed E-state index contributed by atoms with van der Waals surface area (Å²) in [5.41, 5.74) is 1.26. The van der Waals surface area contributed by atoms with Crippen LogP contribution >= 0.6 is 0 Å². The molecular weight excluding hydrogens is 352 g/mol. The molecule has 0 saturated carbocycles. The molecule has 1 heterocycles. The third-order valence-corrected chi connectivity index (χ3v) is 4.27. The smallest absolute Gasteiger partial charge is 0.198 e. The Balaban J connectivity index is 1.80. The van der Waals surface area contributed by atoms with Gasteiger partial charge in [-0.15, -0.1) is 0 Å². The molecule has 1 fully saturated rings. The van der Waals surface area contributed by atoms with Crippen molar-refractivity contribution in [3.63, 3.8) is 0 Å². The summed E-state index contributed by atoms with van der Waals surface area (Å²) < 4.78 is 31.8. The first-order valence-corrected chi connectivity index (χ1v) is 8.34. The third kappa shape index (κ3) is 3.99. The Morgan fingerprint density at radius 3 is 2.37 bits per heavy atom. The van der Waals surface area contributed by atoms with E-state index in [-0.39, 0.29) is 18.7 Å². The van der Waals surface area contributed by atoms with Crippen LogP contribution in [0.2, 0.25) is 0 Å². The molecule has 1 aliphatic rings. The lowest BCUT2D eigenvalue weighted by molar-refractivity contribution is 0.0499. The van der Waals surface area contributed by atoms with Gasteiger partial charge in [-0.1, -0.05) is 6.07 Å². The van der Waals surface area contributed by atoms with E-state index in [0.717, 1.165) is 5.56 Å². The van der Waals surface area contributed by atoms with Crippen molar-refractivity contribution in [1.82, 2.24) is 0 Å². The third-order valence-electron chi connectivity index (χ3n) is 4.27.